The van der Waals surface area contributed by atoms with E-state index in [4.69, 9.17) is 17.3 Å². The molecule has 5 heteroatoms. The third-order valence-corrected chi connectivity index (χ3v) is 5.36. The van der Waals surface area contributed by atoms with Crippen molar-refractivity contribution in [3.05, 3.63) is 82.8 Å². The third kappa shape index (κ3) is 16.7. The average Bonchev–Trinajstić information content (AvgIpc) is 2.85. The minimum atomic E-state index is -0.0268. The number of nitrogens with zero attached hydrogens (tertiary/aromatic N) is 2. The highest BCUT2D eigenvalue weighted by Gasteiger charge is 2.25. The van der Waals surface area contributed by atoms with Crippen LogP contribution in [0.1, 0.15) is 92.5 Å². The molecule has 4 nitrogen and oxygen atoms in total. The van der Waals surface area contributed by atoms with Crippen molar-refractivity contribution in [3.8, 4) is 0 Å². The summed E-state index contributed by atoms with van der Waals surface area (Å²) >= 11 is 5.93. The summed E-state index contributed by atoms with van der Waals surface area (Å²) in [5.41, 5.74) is 10.3. The predicted molar refractivity (Wildman–Crippen MR) is 166 cm³/mol. The maximum absolute atomic E-state index is 5.93. The predicted octanol–water partition coefficient (Wildman–Crippen LogP) is 9.43. The van der Waals surface area contributed by atoms with Gasteiger partial charge in [-0.1, -0.05) is 97.9 Å². The smallest absolute Gasteiger partial charge is 0.224 e. The molecule has 0 aliphatic carbocycles. The minimum absolute atomic E-state index is 0.0268. The zero-order chi connectivity index (χ0) is 28.5. The van der Waals surface area contributed by atoms with Crippen LogP contribution >= 0.6 is 11.6 Å². The van der Waals surface area contributed by atoms with Gasteiger partial charge in [0.15, 0.2) is 0 Å². The van der Waals surface area contributed by atoms with Crippen LogP contribution < -0.4 is 11.1 Å². The Morgan fingerprint density at radius 1 is 0.757 bits per heavy atom. The molecule has 0 fully saturated rings. The molecule has 2 aromatic carbocycles. The summed E-state index contributed by atoms with van der Waals surface area (Å²) in [5.74, 6) is 0.807. The standard InChI is InChI=1S/C14H24ClN3.C8H11N.C8H10.C2H6/c1-7-10-8-11(17-12(15)16-10)18-14(5,6)9-13(2,3)4;1-2-7-3-5-8(9)6-4-7;1-2-8-6-4-3-5-7-8;1-2/h8H,7,9H2,1-6H3,(H,16,17,18);3-6H,2,9H2,1H3;3-7H,2H2,1H3;1-2H3. The van der Waals surface area contributed by atoms with Crippen LogP contribution in [-0.4, -0.2) is 15.5 Å². The highest BCUT2D eigenvalue weighted by atomic mass is 35.5. The monoisotopic (exact) mass is 526 g/mol. The first-order valence-electron chi connectivity index (χ1n) is 13.6. The highest BCUT2D eigenvalue weighted by molar-refractivity contribution is 6.28. The lowest BCUT2D eigenvalue weighted by Crippen LogP contribution is -2.35. The summed E-state index contributed by atoms with van der Waals surface area (Å²) in [5, 5.41) is 3.76. The topological polar surface area (TPSA) is 63.8 Å². The van der Waals surface area contributed by atoms with Crippen LogP contribution in [0.15, 0.2) is 60.7 Å². The van der Waals surface area contributed by atoms with Crippen molar-refractivity contribution in [1.82, 2.24) is 9.97 Å². The molecule has 3 aromatic rings. The molecule has 206 valence electrons. The molecule has 0 unspecified atom stereocenters. The van der Waals surface area contributed by atoms with Crippen molar-refractivity contribution in [2.75, 3.05) is 11.1 Å². The van der Waals surface area contributed by atoms with Gasteiger partial charge in [-0.15, -0.1) is 0 Å². The molecule has 0 saturated heterocycles. The summed E-state index contributed by atoms with van der Waals surface area (Å²) in [6.45, 7) is 21.4. The number of aromatic nitrogens is 2. The molecule has 3 N–H and O–H groups in total. The van der Waals surface area contributed by atoms with Gasteiger partial charge in [-0.2, -0.15) is 0 Å². The van der Waals surface area contributed by atoms with Crippen LogP contribution in [0, 0.1) is 5.41 Å². The second-order valence-electron chi connectivity index (χ2n) is 10.5. The number of halogens is 1. The molecule has 0 aliphatic heterocycles. The molecule has 0 aliphatic rings. The molecule has 1 heterocycles. The first-order valence-corrected chi connectivity index (χ1v) is 13.9. The van der Waals surface area contributed by atoms with Crippen LogP contribution in [0.25, 0.3) is 0 Å². The quantitative estimate of drug-likeness (QED) is 0.248. The Kier molecular flexibility index (Phi) is 16.5. The van der Waals surface area contributed by atoms with E-state index in [1.165, 1.54) is 11.1 Å². The van der Waals surface area contributed by atoms with Crippen LogP contribution in [0.2, 0.25) is 5.28 Å². The van der Waals surface area contributed by atoms with E-state index >= 15 is 0 Å². The molecule has 0 saturated carbocycles. The zero-order valence-electron chi connectivity index (χ0n) is 25.0. The molecule has 1 aromatic heterocycles. The van der Waals surface area contributed by atoms with E-state index in [2.05, 4.69) is 107 Å². The Bertz CT molecular complexity index is 978. The van der Waals surface area contributed by atoms with Gasteiger partial charge in [-0.05, 0) is 79.8 Å². The van der Waals surface area contributed by atoms with E-state index in [-0.39, 0.29) is 11.0 Å². The van der Waals surface area contributed by atoms with Gasteiger partial charge in [0, 0.05) is 23.0 Å². The number of aryl methyl sites for hydroxylation is 3. The number of hydrogen-bond acceptors (Lipinski definition) is 4. The molecule has 0 radical (unpaired) electrons. The number of nitrogen functional groups attached to an aromatic ring is 1. The van der Waals surface area contributed by atoms with Gasteiger partial charge >= 0.3 is 0 Å². The molecule has 0 atom stereocenters. The van der Waals surface area contributed by atoms with Gasteiger partial charge in [-0.25, -0.2) is 9.97 Å². The fourth-order valence-corrected chi connectivity index (χ4v) is 4.09. The van der Waals surface area contributed by atoms with Gasteiger partial charge in [0.05, 0.1) is 0 Å². The van der Waals surface area contributed by atoms with E-state index in [0.29, 0.717) is 5.28 Å². The van der Waals surface area contributed by atoms with Crippen LogP contribution in [-0.2, 0) is 19.3 Å². The largest absolute Gasteiger partial charge is 0.399 e. The lowest BCUT2D eigenvalue weighted by Gasteiger charge is -2.33. The highest BCUT2D eigenvalue weighted by Crippen LogP contribution is 2.29. The first-order chi connectivity index (χ1) is 17.4. The van der Waals surface area contributed by atoms with Gasteiger partial charge in [0.1, 0.15) is 5.82 Å². The number of anilines is 2. The van der Waals surface area contributed by atoms with E-state index in [1.54, 1.807) is 0 Å². The summed E-state index contributed by atoms with van der Waals surface area (Å²) in [7, 11) is 0. The van der Waals surface area contributed by atoms with E-state index in [9.17, 15) is 0 Å². The van der Waals surface area contributed by atoms with Gasteiger partial charge in [0.2, 0.25) is 5.28 Å². The summed E-state index contributed by atoms with van der Waals surface area (Å²) < 4.78 is 0. The van der Waals surface area contributed by atoms with Crippen molar-refractivity contribution >= 4 is 23.1 Å². The van der Waals surface area contributed by atoms with Crippen LogP contribution in [0.4, 0.5) is 11.5 Å². The van der Waals surface area contributed by atoms with Gasteiger partial charge in [-0.3, -0.25) is 0 Å². The Balaban J connectivity index is 0.000000566. The lowest BCUT2D eigenvalue weighted by molar-refractivity contribution is 0.302. The number of nitrogens with one attached hydrogen (secondary N) is 1. The summed E-state index contributed by atoms with van der Waals surface area (Å²) in [4.78, 5) is 8.41. The second kappa shape index (κ2) is 17.8. The first kappa shape index (κ1) is 34.4. The van der Waals surface area contributed by atoms with Crippen molar-refractivity contribution in [1.29, 1.82) is 0 Å². The zero-order valence-corrected chi connectivity index (χ0v) is 25.7. The number of rotatable bonds is 6. The second-order valence-corrected chi connectivity index (χ2v) is 10.9. The number of nitrogens with two attached hydrogens (primary N) is 1. The van der Waals surface area contributed by atoms with Gasteiger partial charge < -0.3 is 11.1 Å². The van der Waals surface area contributed by atoms with Crippen LogP contribution in [0.5, 0.6) is 0 Å². The number of benzene rings is 2. The Morgan fingerprint density at radius 3 is 1.70 bits per heavy atom. The Labute approximate surface area is 232 Å². The van der Waals surface area contributed by atoms with Crippen molar-refractivity contribution in [2.45, 2.75) is 100 Å². The Hall–Kier alpha value is -2.59. The van der Waals surface area contributed by atoms with Crippen LogP contribution in [0.3, 0.4) is 0 Å². The van der Waals surface area contributed by atoms with E-state index < -0.39 is 0 Å². The molecule has 3 rings (SSSR count). The summed E-state index contributed by atoms with van der Waals surface area (Å²) in [6, 6.07) is 20.4. The maximum atomic E-state index is 5.93. The fourth-order valence-electron chi connectivity index (χ4n) is 3.89. The molecule has 0 spiro atoms. The van der Waals surface area contributed by atoms with E-state index in [1.807, 2.05) is 38.1 Å². The number of hydrogen-bond donors (Lipinski definition) is 2. The maximum Gasteiger partial charge on any atom is 0.224 e. The molecular weight excluding hydrogens is 476 g/mol. The van der Waals surface area contributed by atoms with Crippen molar-refractivity contribution in [3.63, 3.8) is 0 Å². The van der Waals surface area contributed by atoms with Gasteiger partial charge in [0.25, 0.3) is 0 Å². The fraction of sp³-hybridized carbons (Fsp3) is 0.500. The summed E-state index contributed by atoms with van der Waals surface area (Å²) in [6.07, 6.45) is 4.13. The average molecular weight is 527 g/mol. The van der Waals surface area contributed by atoms with E-state index in [0.717, 1.165) is 42.9 Å². The Morgan fingerprint density at radius 2 is 1.27 bits per heavy atom. The molecule has 0 bridgehead atoms. The minimum Gasteiger partial charge on any atom is -0.399 e. The van der Waals surface area contributed by atoms with Crippen molar-refractivity contribution < 1.29 is 0 Å². The SMILES string of the molecule is CC.CCc1cc(NC(C)(C)CC(C)(C)C)nc(Cl)n1.CCc1ccc(N)cc1.CCc1ccccc1. The molecular formula is C32H51ClN4. The third-order valence-electron chi connectivity index (χ3n) is 5.19. The lowest BCUT2D eigenvalue weighted by atomic mass is 9.82. The molecule has 0 amide bonds. The normalized spacial score (nSPS) is 10.6. The molecule has 37 heavy (non-hydrogen) atoms. The van der Waals surface area contributed by atoms with Crippen molar-refractivity contribution in [2.24, 2.45) is 5.41 Å².